The van der Waals surface area contributed by atoms with Crippen LogP contribution in [0, 0.1) is 0 Å². The zero-order valence-corrected chi connectivity index (χ0v) is 13.0. The van der Waals surface area contributed by atoms with Crippen LogP contribution in [0.2, 0.25) is 0 Å². The Morgan fingerprint density at radius 1 is 1.15 bits per heavy atom. The summed E-state index contributed by atoms with van der Waals surface area (Å²) in [7, 11) is 0. The molecule has 3 heteroatoms. The third-order valence-corrected chi connectivity index (χ3v) is 6.36. The fourth-order valence-corrected chi connectivity index (χ4v) is 4.72. The van der Waals surface area contributed by atoms with Gasteiger partial charge in [0.25, 0.3) is 0 Å². The molecule has 1 aromatic carbocycles. The molecule has 2 fully saturated rings. The number of nitrogens with two attached hydrogens (primary N) is 1. The van der Waals surface area contributed by atoms with E-state index in [-0.39, 0.29) is 0 Å². The van der Waals surface area contributed by atoms with Gasteiger partial charge in [-0.3, -0.25) is 11.3 Å². The minimum Gasteiger partial charge on any atom is -0.271 e. The second-order valence-electron chi connectivity index (χ2n) is 6.26. The second-order valence-corrected chi connectivity index (χ2v) is 7.59. The Hall–Kier alpha value is -0.510. The first-order chi connectivity index (χ1) is 9.86. The molecule has 0 bridgehead atoms. The maximum atomic E-state index is 5.80. The molecule has 0 spiro atoms. The van der Waals surface area contributed by atoms with Crippen molar-refractivity contribution in [1.82, 2.24) is 5.43 Å². The molecule has 2 nitrogen and oxygen atoms in total. The van der Waals surface area contributed by atoms with Crippen molar-refractivity contribution in [2.45, 2.75) is 62.2 Å². The molecule has 2 aliphatic carbocycles. The minimum absolute atomic E-state index is 0.292. The summed E-state index contributed by atoms with van der Waals surface area (Å²) in [5.41, 5.74) is 5.90. The highest BCUT2D eigenvalue weighted by molar-refractivity contribution is 7.99. The first-order valence-electron chi connectivity index (χ1n) is 8.04. The standard InChI is InChI=1S/C17H26N2S/c18-19-17(12-20-16-9-1-2-10-16)15-8-4-7-14(11-15)13-5-3-6-13/h4,7-8,11,13,16-17,19H,1-3,5-6,9-10,12,18H2. The minimum atomic E-state index is 0.292. The summed E-state index contributed by atoms with van der Waals surface area (Å²) in [6.45, 7) is 0. The monoisotopic (exact) mass is 290 g/mol. The van der Waals surface area contributed by atoms with Gasteiger partial charge in [-0.25, -0.2) is 0 Å². The van der Waals surface area contributed by atoms with Crippen molar-refractivity contribution in [2.24, 2.45) is 5.84 Å². The maximum absolute atomic E-state index is 5.80. The van der Waals surface area contributed by atoms with E-state index in [2.05, 4.69) is 41.5 Å². The predicted molar refractivity (Wildman–Crippen MR) is 87.8 cm³/mol. The van der Waals surface area contributed by atoms with E-state index in [0.29, 0.717) is 6.04 Å². The van der Waals surface area contributed by atoms with E-state index in [9.17, 15) is 0 Å². The van der Waals surface area contributed by atoms with Crippen LogP contribution in [0.5, 0.6) is 0 Å². The molecule has 0 saturated heterocycles. The van der Waals surface area contributed by atoms with Crippen molar-refractivity contribution in [3.05, 3.63) is 35.4 Å². The maximum Gasteiger partial charge on any atom is 0.0550 e. The topological polar surface area (TPSA) is 38.0 Å². The van der Waals surface area contributed by atoms with E-state index in [0.717, 1.165) is 16.9 Å². The van der Waals surface area contributed by atoms with Crippen molar-refractivity contribution < 1.29 is 0 Å². The van der Waals surface area contributed by atoms with E-state index in [1.807, 2.05) is 0 Å². The van der Waals surface area contributed by atoms with Crippen molar-refractivity contribution >= 4 is 11.8 Å². The molecule has 2 aliphatic rings. The molecule has 2 saturated carbocycles. The Kier molecular flexibility index (Phi) is 5.03. The third-order valence-electron chi connectivity index (χ3n) is 4.89. The van der Waals surface area contributed by atoms with Crippen molar-refractivity contribution in [2.75, 3.05) is 5.75 Å². The van der Waals surface area contributed by atoms with Gasteiger partial charge in [-0.15, -0.1) is 0 Å². The lowest BCUT2D eigenvalue weighted by Crippen LogP contribution is -2.30. The molecular weight excluding hydrogens is 264 g/mol. The van der Waals surface area contributed by atoms with Crippen molar-refractivity contribution in [1.29, 1.82) is 0 Å². The zero-order valence-electron chi connectivity index (χ0n) is 12.2. The van der Waals surface area contributed by atoms with E-state index in [1.54, 1.807) is 0 Å². The Bertz CT molecular complexity index is 425. The van der Waals surface area contributed by atoms with Gasteiger partial charge >= 0.3 is 0 Å². The molecule has 3 N–H and O–H groups in total. The molecule has 1 atom stereocenters. The van der Waals surface area contributed by atoms with Crippen LogP contribution in [0.25, 0.3) is 0 Å². The molecule has 20 heavy (non-hydrogen) atoms. The summed E-state index contributed by atoms with van der Waals surface area (Å²) in [6, 6.07) is 9.38. The summed E-state index contributed by atoms with van der Waals surface area (Å²) in [5.74, 6) is 7.69. The summed E-state index contributed by atoms with van der Waals surface area (Å²) >= 11 is 2.10. The van der Waals surface area contributed by atoms with Gasteiger partial charge < -0.3 is 0 Å². The molecule has 0 amide bonds. The molecule has 0 aliphatic heterocycles. The van der Waals surface area contributed by atoms with E-state index < -0.39 is 0 Å². The molecule has 0 heterocycles. The summed E-state index contributed by atoms with van der Waals surface area (Å²) in [6.07, 6.45) is 9.73. The molecule has 110 valence electrons. The number of thioether (sulfide) groups is 1. The van der Waals surface area contributed by atoms with Crippen LogP contribution in [-0.2, 0) is 0 Å². The molecule has 3 rings (SSSR count). The van der Waals surface area contributed by atoms with Crippen LogP contribution >= 0.6 is 11.8 Å². The first kappa shape index (κ1) is 14.4. The Balaban J connectivity index is 1.61. The lowest BCUT2D eigenvalue weighted by Gasteiger charge is -2.27. The van der Waals surface area contributed by atoms with Gasteiger partial charge in [0.15, 0.2) is 0 Å². The average molecular weight is 290 g/mol. The van der Waals surface area contributed by atoms with Crippen LogP contribution in [0.4, 0.5) is 0 Å². The third kappa shape index (κ3) is 3.38. The lowest BCUT2D eigenvalue weighted by molar-refractivity contribution is 0.419. The number of nitrogens with one attached hydrogen (secondary N) is 1. The van der Waals surface area contributed by atoms with Crippen LogP contribution < -0.4 is 11.3 Å². The van der Waals surface area contributed by atoms with Gasteiger partial charge in [-0.2, -0.15) is 11.8 Å². The van der Waals surface area contributed by atoms with Gasteiger partial charge in [0.05, 0.1) is 6.04 Å². The number of hydrogen-bond acceptors (Lipinski definition) is 3. The fraction of sp³-hybridized carbons (Fsp3) is 0.647. The van der Waals surface area contributed by atoms with Crippen molar-refractivity contribution in [3.8, 4) is 0 Å². The zero-order chi connectivity index (χ0) is 13.8. The summed E-state index contributed by atoms with van der Waals surface area (Å²) in [4.78, 5) is 0. The SMILES string of the molecule is NNC(CSC1CCCC1)c1cccc(C2CCC2)c1. The van der Waals surface area contributed by atoms with Gasteiger partial charge in [-0.05, 0) is 42.7 Å². The van der Waals surface area contributed by atoms with Crippen molar-refractivity contribution in [3.63, 3.8) is 0 Å². The highest BCUT2D eigenvalue weighted by Crippen LogP contribution is 2.37. The predicted octanol–water partition coefficient (Wildman–Crippen LogP) is 4.13. The van der Waals surface area contributed by atoms with E-state index >= 15 is 0 Å². The van der Waals surface area contributed by atoms with E-state index in [1.165, 1.54) is 56.1 Å². The molecule has 0 radical (unpaired) electrons. The highest BCUT2D eigenvalue weighted by atomic mass is 32.2. The average Bonchev–Trinajstić information content (AvgIpc) is 2.91. The molecule has 1 unspecified atom stereocenters. The van der Waals surface area contributed by atoms with Gasteiger partial charge in [0, 0.05) is 11.0 Å². The van der Waals surface area contributed by atoms with Gasteiger partial charge in [0.2, 0.25) is 0 Å². The summed E-state index contributed by atoms with van der Waals surface area (Å²) < 4.78 is 0. The molecular formula is C17H26N2S. The van der Waals surface area contributed by atoms with E-state index in [4.69, 9.17) is 5.84 Å². The van der Waals surface area contributed by atoms with Crippen LogP contribution in [0.1, 0.15) is 68.0 Å². The smallest absolute Gasteiger partial charge is 0.0550 e. The van der Waals surface area contributed by atoms with Gasteiger partial charge in [0.1, 0.15) is 0 Å². The lowest BCUT2D eigenvalue weighted by atomic mass is 9.79. The molecule has 0 aromatic heterocycles. The number of hydrogen-bond donors (Lipinski definition) is 2. The normalized spacial score (nSPS) is 21.9. The largest absolute Gasteiger partial charge is 0.271 e. The number of benzene rings is 1. The number of hydrazine groups is 1. The second kappa shape index (κ2) is 6.97. The van der Waals surface area contributed by atoms with Crippen LogP contribution in [0.3, 0.4) is 0 Å². The quantitative estimate of drug-likeness (QED) is 0.611. The van der Waals surface area contributed by atoms with Gasteiger partial charge in [-0.1, -0.05) is 43.5 Å². The molecule has 1 aromatic rings. The van der Waals surface area contributed by atoms with Crippen LogP contribution in [-0.4, -0.2) is 11.0 Å². The summed E-state index contributed by atoms with van der Waals surface area (Å²) in [5, 5.41) is 0.862. The first-order valence-corrected chi connectivity index (χ1v) is 9.09. The Morgan fingerprint density at radius 3 is 2.60 bits per heavy atom. The van der Waals surface area contributed by atoms with Crippen LogP contribution in [0.15, 0.2) is 24.3 Å². The Labute approximate surface area is 126 Å². The number of rotatable bonds is 6. The Morgan fingerprint density at radius 2 is 1.95 bits per heavy atom. The highest BCUT2D eigenvalue weighted by Gasteiger charge is 2.21. The fourth-order valence-electron chi connectivity index (χ4n) is 3.30.